The third-order valence-corrected chi connectivity index (χ3v) is 3.59. The van der Waals surface area contributed by atoms with Crippen LogP contribution in [0.2, 0.25) is 0 Å². The summed E-state index contributed by atoms with van der Waals surface area (Å²) in [6.45, 7) is 0. The molecule has 0 aliphatic carbocycles. The van der Waals surface area contributed by atoms with Crippen molar-refractivity contribution >= 4 is 23.4 Å². The van der Waals surface area contributed by atoms with E-state index in [0.717, 1.165) is 5.56 Å². The number of para-hydroxylation sites is 1. The fraction of sp³-hybridized carbons (Fsp3) is 0.0556. The van der Waals surface area contributed by atoms with Gasteiger partial charge in [0.1, 0.15) is 17.7 Å². The molecule has 0 amide bonds. The lowest BCUT2D eigenvalue weighted by Gasteiger charge is -2.02. The van der Waals surface area contributed by atoms with E-state index in [4.69, 9.17) is 4.42 Å². The summed E-state index contributed by atoms with van der Waals surface area (Å²) in [5.41, 5.74) is 1.08. The van der Waals surface area contributed by atoms with Gasteiger partial charge in [-0.1, -0.05) is 48.5 Å². The van der Waals surface area contributed by atoms with Crippen LogP contribution >= 0.6 is 0 Å². The summed E-state index contributed by atoms with van der Waals surface area (Å²) >= 11 is 0. The molecule has 0 aliphatic heterocycles. The molecule has 3 rings (SSSR count). The maximum absolute atomic E-state index is 11.5. The number of rotatable bonds is 6. The molecule has 8 heteroatoms. The highest BCUT2D eigenvalue weighted by Gasteiger charge is 2.19. The normalized spacial score (nSPS) is 11.3. The molecule has 0 unspecified atom stereocenters. The van der Waals surface area contributed by atoms with Gasteiger partial charge >= 0.3 is 12.0 Å². The number of aliphatic imine (C=N–C) groups is 1. The third-order valence-electron chi connectivity index (χ3n) is 3.59. The number of oxazole rings is 1. The predicted molar refractivity (Wildman–Crippen MR) is 93.5 cm³/mol. The van der Waals surface area contributed by atoms with Crippen molar-refractivity contribution in [3.05, 3.63) is 76.5 Å². The van der Waals surface area contributed by atoms with Crippen molar-refractivity contribution in [2.75, 3.05) is 0 Å². The molecule has 130 valence electrons. The Kier molecular flexibility index (Phi) is 4.84. The Labute approximate surface area is 147 Å². The van der Waals surface area contributed by atoms with Crippen LogP contribution in [-0.2, 0) is 11.2 Å². The first-order valence-corrected chi connectivity index (χ1v) is 7.58. The van der Waals surface area contributed by atoms with E-state index in [2.05, 4.69) is 9.98 Å². The lowest BCUT2D eigenvalue weighted by Crippen LogP contribution is -2.16. The molecule has 3 aromatic rings. The van der Waals surface area contributed by atoms with Gasteiger partial charge in [0.15, 0.2) is 0 Å². The summed E-state index contributed by atoms with van der Waals surface area (Å²) in [5, 5.41) is 20.5. The van der Waals surface area contributed by atoms with Gasteiger partial charge < -0.3 is 9.52 Å². The van der Waals surface area contributed by atoms with E-state index in [1.54, 1.807) is 6.07 Å². The zero-order chi connectivity index (χ0) is 18.5. The molecule has 0 fully saturated rings. The summed E-state index contributed by atoms with van der Waals surface area (Å²) in [4.78, 5) is 30.1. The molecule has 0 atom stereocenters. The zero-order valence-electron chi connectivity index (χ0n) is 13.4. The second-order valence-corrected chi connectivity index (χ2v) is 5.31. The Hall–Kier alpha value is -3.81. The molecule has 0 saturated carbocycles. The second-order valence-electron chi connectivity index (χ2n) is 5.31. The van der Waals surface area contributed by atoms with Crippen LogP contribution in [0.3, 0.4) is 0 Å². The monoisotopic (exact) mass is 351 g/mol. The molecule has 8 nitrogen and oxygen atoms in total. The van der Waals surface area contributed by atoms with Crippen LogP contribution < -0.4 is 0 Å². The van der Waals surface area contributed by atoms with Crippen LogP contribution in [0.15, 0.2) is 70.3 Å². The van der Waals surface area contributed by atoms with Crippen molar-refractivity contribution in [2.24, 2.45) is 4.99 Å². The predicted octanol–water partition coefficient (Wildman–Crippen LogP) is 3.65. The van der Waals surface area contributed by atoms with Crippen LogP contribution in [0.25, 0.3) is 11.3 Å². The molecule has 2 aromatic carbocycles. The Morgan fingerprint density at radius 3 is 2.54 bits per heavy atom. The first-order valence-electron chi connectivity index (χ1n) is 7.58. The highest BCUT2D eigenvalue weighted by atomic mass is 16.6. The lowest BCUT2D eigenvalue weighted by atomic mass is 10.1. The average Bonchev–Trinajstić information content (AvgIpc) is 3.11. The van der Waals surface area contributed by atoms with Gasteiger partial charge in [-0.25, -0.2) is 4.79 Å². The van der Waals surface area contributed by atoms with Gasteiger partial charge in [-0.05, 0) is 0 Å². The van der Waals surface area contributed by atoms with Gasteiger partial charge in [-0.15, -0.1) is 0 Å². The number of aromatic nitrogens is 1. The Morgan fingerprint density at radius 1 is 1.15 bits per heavy atom. The van der Waals surface area contributed by atoms with E-state index in [-0.39, 0.29) is 29.4 Å². The SMILES string of the molecule is O=C(O)C(Cc1ccccc1[N+](=O)[O-])=Nc1nc(-c2ccccc2)co1. The van der Waals surface area contributed by atoms with Crippen molar-refractivity contribution < 1.29 is 19.2 Å². The van der Waals surface area contributed by atoms with E-state index in [1.165, 1.54) is 24.5 Å². The minimum Gasteiger partial charge on any atom is -0.477 e. The van der Waals surface area contributed by atoms with Crippen molar-refractivity contribution in [2.45, 2.75) is 6.42 Å². The lowest BCUT2D eigenvalue weighted by molar-refractivity contribution is -0.385. The molecule has 26 heavy (non-hydrogen) atoms. The van der Waals surface area contributed by atoms with Gasteiger partial charge in [-0.3, -0.25) is 10.1 Å². The first-order chi connectivity index (χ1) is 12.5. The van der Waals surface area contributed by atoms with Crippen LogP contribution in [0, 0.1) is 10.1 Å². The average molecular weight is 351 g/mol. The number of aliphatic carboxylic acids is 1. The number of nitro benzene ring substituents is 1. The molecular formula is C18H13N3O5. The number of carbonyl (C=O) groups is 1. The molecular weight excluding hydrogens is 338 g/mol. The smallest absolute Gasteiger partial charge is 0.350 e. The fourth-order valence-electron chi connectivity index (χ4n) is 2.35. The van der Waals surface area contributed by atoms with Crippen LogP contribution in [-0.4, -0.2) is 26.7 Å². The highest BCUT2D eigenvalue weighted by molar-refractivity contribution is 6.36. The quantitative estimate of drug-likeness (QED) is 0.411. The number of nitrogens with zero attached hydrogens (tertiary/aromatic N) is 3. The van der Waals surface area contributed by atoms with Crippen molar-refractivity contribution in [3.63, 3.8) is 0 Å². The molecule has 0 spiro atoms. The van der Waals surface area contributed by atoms with Crippen LogP contribution in [0.5, 0.6) is 0 Å². The topological polar surface area (TPSA) is 119 Å². The standard InChI is InChI=1S/C18H13N3O5/c22-17(23)14(10-13-8-4-5-9-16(13)21(24)25)19-18-20-15(11-26-18)12-6-2-1-3-7-12/h1-9,11H,10H2,(H,22,23). The molecule has 0 radical (unpaired) electrons. The fourth-order valence-corrected chi connectivity index (χ4v) is 2.35. The largest absolute Gasteiger partial charge is 0.477 e. The molecule has 0 bridgehead atoms. The summed E-state index contributed by atoms with van der Waals surface area (Å²) < 4.78 is 5.22. The van der Waals surface area contributed by atoms with E-state index >= 15 is 0 Å². The summed E-state index contributed by atoms with van der Waals surface area (Å²) in [6, 6.07) is 15.0. The molecule has 0 saturated heterocycles. The van der Waals surface area contributed by atoms with Gasteiger partial charge in [0.2, 0.25) is 0 Å². The minimum atomic E-state index is -1.30. The van der Waals surface area contributed by atoms with Crippen LogP contribution in [0.1, 0.15) is 5.56 Å². The maximum Gasteiger partial charge on any atom is 0.350 e. The molecule has 1 N–H and O–H groups in total. The molecule has 0 aliphatic rings. The Morgan fingerprint density at radius 2 is 1.85 bits per heavy atom. The van der Waals surface area contributed by atoms with Crippen LogP contribution in [0.4, 0.5) is 11.7 Å². The third kappa shape index (κ3) is 3.81. The first kappa shape index (κ1) is 17.0. The minimum absolute atomic E-state index is 0.125. The number of nitro groups is 1. The number of carboxylic acids is 1. The highest BCUT2D eigenvalue weighted by Crippen LogP contribution is 2.23. The molecule has 1 heterocycles. The van der Waals surface area contributed by atoms with E-state index in [0.29, 0.717) is 5.69 Å². The van der Waals surface area contributed by atoms with Gasteiger partial charge in [0.25, 0.3) is 5.69 Å². The van der Waals surface area contributed by atoms with Gasteiger partial charge in [-0.2, -0.15) is 9.98 Å². The van der Waals surface area contributed by atoms with Crippen molar-refractivity contribution in [3.8, 4) is 11.3 Å². The summed E-state index contributed by atoms with van der Waals surface area (Å²) in [7, 11) is 0. The van der Waals surface area contributed by atoms with E-state index in [1.807, 2.05) is 30.3 Å². The van der Waals surface area contributed by atoms with Gasteiger partial charge in [0.05, 0.1) is 4.92 Å². The number of carboxylic acid groups (broad SMARTS) is 1. The maximum atomic E-state index is 11.5. The van der Waals surface area contributed by atoms with Crippen molar-refractivity contribution in [1.29, 1.82) is 0 Å². The number of hydrogen-bond acceptors (Lipinski definition) is 6. The van der Waals surface area contributed by atoms with Gasteiger partial charge in [0, 0.05) is 23.6 Å². The zero-order valence-corrected chi connectivity index (χ0v) is 13.4. The number of hydrogen-bond donors (Lipinski definition) is 1. The van der Waals surface area contributed by atoms with E-state index < -0.39 is 10.9 Å². The summed E-state index contributed by atoms with van der Waals surface area (Å²) in [6.07, 6.45) is 1.15. The second kappa shape index (κ2) is 7.39. The Bertz CT molecular complexity index is 979. The number of benzene rings is 2. The summed E-state index contributed by atoms with van der Waals surface area (Å²) in [5.74, 6) is -1.30. The Balaban J connectivity index is 1.91. The van der Waals surface area contributed by atoms with E-state index in [9.17, 15) is 20.0 Å². The molecule has 1 aromatic heterocycles. The van der Waals surface area contributed by atoms with Crippen molar-refractivity contribution in [1.82, 2.24) is 4.98 Å².